The van der Waals surface area contributed by atoms with E-state index in [-0.39, 0.29) is 18.5 Å². The summed E-state index contributed by atoms with van der Waals surface area (Å²) in [5.41, 5.74) is 1.24. The summed E-state index contributed by atoms with van der Waals surface area (Å²) in [4.78, 5) is 4.04. The zero-order valence-electron chi connectivity index (χ0n) is 10.1. The fourth-order valence-corrected chi connectivity index (χ4v) is 2.06. The van der Waals surface area contributed by atoms with Gasteiger partial charge in [-0.05, 0) is 38.0 Å². The number of rotatable bonds is 3. The maximum Gasteiger partial charge on any atom is 0.165 e. The van der Waals surface area contributed by atoms with Gasteiger partial charge in [0, 0.05) is 18.3 Å². The third kappa shape index (κ3) is 2.25. The van der Waals surface area contributed by atoms with Crippen molar-refractivity contribution in [3.05, 3.63) is 30.1 Å². The van der Waals surface area contributed by atoms with Gasteiger partial charge in [-0.25, -0.2) is 0 Å². The highest BCUT2D eigenvalue weighted by molar-refractivity contribution is 5.16. The molecule has 0 bridgehead atoms. The van der Waals surface area contributed by atoms with Gasteiger partial charge in [-0.3, -0.25) is 4.98 Å². The second-order valence-electron chi connectivity index (χ2n) is 4.35. The Morgan fingerprint density at radius 2 is 1.75 bits per heavy atom. The molecule has 88 valence electrons. The second-order valence-corrected chi connectivity index (χ2v) is 4.35. The minimum absolute atomic E-state index is 0.114. The minimum Gasteiger partial charge on any atom is -0.346 e. The van der Waals surface area contributed by atoms with Gasteiger partial charge in [0.05, 0.1) is 12.2 Å². The van der Waals surface area contributed by atoms with E-state index in [9.17, 15) is 0 Å². The van der Waals surface area contributed by atoms with E-state index in [1.165, 1.54) is 5.56 Å². The van der Waals surface area contributed by atoms with Gasteiger partial charge in [0.25, 0.3) is 0 Å². The molecule has 1 aliphatic heterocycles. The number of pyridine rings is 1. The highest BCUT2D eigenvalue weighted by atomic mass is 16.7. The number of ether oxygens (including phenoxy) is 2. The third-order valence-corrected chi connectivity index (χ3v) is 3.26. The predicted molar refractivity (Wildman–Crippen MR) is 62.2 cm³/mol. The molecule has 0 N–H and O–H groups in total. The maximum atomic E-state index is 5.84. The van der Waals surface area contributed by atoms with Crippen LogP contribution >= 0.6 is 0 Å². The summed E-state index contributed by atoms with van der Waals surface area (Å²) >= 11 is 0. The lowest BCUT2D eigenvalue weighted by Crippen LogP contribution is -2.20. The summed E-state index contributed by atoms with van der Waals surface area (Å²) in [5, 5.41) is 0. The van der Waals surface area contributed by atoms with Gasteiger partial charge in [0.2, 0.25) is 0 Å². The Labute approximate surface area is 96.8 Å². The van der Waals surface area contributed by atoms with E-state index >= 15 is 0 Å². The normalized spacial score (nSPS) is 31.6. The van der Waals surface area contributed by atoms with Gasteiger partial charge in [0.15, 0.2) is 6.29 Å². The van der Waals surface area contributed by atoms with Crippen molar-refractivity contribution >= 4 is 0 Å². The van der Waals surface area contributed by atoms with Crippen LogP contribution in [0.4, 0.5) is 0 Å². The fraction of sp³-hybridized carbons (Fsp3) is 0.615. The quantitative estimate of drug-likeness (QED) is 0.786. The molecule has 3 nitrogen and oxygen atoms in total. The van der Waals surface area contributed by atoms with Crippen molar-refractivity contribution in [3.8, 4) is 0 Å². The predicted octanol–water partition coefficient (Wildman–Crippen LogP) is 2.73. The van der Waals surface area contributed by atoms with Gasteiger partial charge < -0.3 is 9.47 Å². The van der Waals surface area contributed by atoms with Crippen molar-refractivity contribution < 1.29 is 9.47 Å². The molecule has 2 heterocycles. The molecule has 3 heteroatoms. The Morgan fingerprint density at radius 3 is 2.25 bits per heavy atom. The molecule has 1 aliphatic rings. The lowest BCUT2D eigenvalue weighted by Gasteiger charge is -2.21. The monoisotopic (exact) mass is 221 g/mol. The summed E-state index contributed by atoms with van der Waals surface area (Å²) < 4.78 is 11.7. The molecule has 1 aromatic rings. The van der Waals surface area contributed by atoms with Crippen LogP contribution in [-0.4, -0.2) is 23.5 Å². The van der Waals surface area contributed by atoms with Crippen LogP contribution in [0, 0.1) is 0 Å². The van der Waals surface area contributed by atoms with E-state index in [1.807, 2.05) is 24.5 Å². The molecule has 0 aromatic carbocycles. The summed E-state index contributed by atoms with van der Waals surface area (Å²) in [7, 11) is 0. The van der Waals surface area contributed by atoms with Crippen molar-refractivity contribution in [3.63, 3.8) is 0 Å². The lowest BCUT2D eigenvalue weighted by molar-refractivity contribution is -0.0810. The van der Waals surface area contributed by atoms with Crippen molar-refractivity contribution in [2.24, 2.45) is 0 Å². The average Bonchev–Trinajstić information content (AvgIpc) is 2.61. The van der Waals surface area contributed by atoms with Crippen LogP contribution in [0.2, 0.25) is 0 Å². The number of hydrogen-bond donors (Lipinski definition) is 0. The summed E-state index contributed by atoms with van der Waals surface area (Å²) in [5.74, 6) is 0.301. The Morgan fingerprint density at radius 1 is 1.19 bits per heavy atom. The lowest BCUT2D eigenvalue weighted by atomic mass is 9.97. The van der Waals surface area contributed by atoms with Crippen LogP contribution in [0.15, 0.2) is 24.5 Å². The van der Waals surface area contributed by atoms with Gasteiger partial charge in [-0.1, -0.05) is 6.92 Å². The average molecular weight is 221 g/mol. The van der Waals surface area contributed by atoms with Crippen LogP contribution < -0.4 is 0 Å². The standard InChI is InChI=1S/C13H19NO2/c1-4-12(11-5-7-14-8-6-11)13-15-9(2)10(3)16-13/h5-10,12-13H,4H2,1-3H3. The second kappa shape index (κ2) is 4.93. The van der Waals surface area contributed by atoms with Crippen LogP contribution in [-0.2, 0) is 9.47 Å². The van der Waals surface area contributed by atoms with Crippen molar-refractivity contribution in [2.45, 2.75) is 51.6 Å². The number of nitrogens with zero attached hydrogens (tertiary/aromatic N) is 1. The molecule has 1 fully saturated rings. The first-order valence-electron chi connectivity index (χ1n) is 5.93. The Kier molecular flexibility index (Phi) is 3.56. The van der Waals surface area contributed by atoms with E-state index in [1.54, 1.807) is 0 Å². The van der Waals surface area contributed by atoms with Gasteiger partial charge in [0.1, 0.15) is 0 Å². The highest BCUT2D eigenvalue weighted by Crippen LogP contribution is 2.32. The summed E-state index contributed by atoms with van der Waals surface area (Å²) in [6.07, 6.45) is 4.90. The molecule has 2 rings (SSSR count). The number of aromatic nitrogens is 1. The molecule has 3 unspecified atom stereocenters. The molecular formula is C13H19NO2. The molecule has 0 saturated carbocycles. The molecule has 3 atom stereocenters. The topological polar surface area (TPSA) is 31.4 Å². The summed E-state index contributed by atoms with van der Waals surface area (Å²) in [6.45, 7) is 6.28. The van der Waals surface area contributed by atoms with Crippen LogP contribution in [0.3, 0.4) is 0 Å². The molecule has 16 heavy (non-hydrogen) atoms. The molecule has 0 amide bonds. The molecule has 0 aliphatic carbocycles. The van der Waals surface area contributed by atoms with Crippen LogP contribution in [0.5, 0.6) is 0 Å². The van der Waals surface area contributed by atoms with Gasteiger partial charge in [-0.15, -0.1) is 0 Å². The van der Waals surface area contributed by atoms with Crippen molar-refractivity contribution in [1.29, 1.82) is 0 Å². The Bertz CT molecular complexity index is 318. The van der Waals surface area contributed by atoms with E-state index in [2.05, 4.69) is 25.8 Å². The Balaban J connectivity index is 2.12. The summed E-state index contributed by atoms with van der Waals surface area (Å²) in [6, 6.07) is 4.07. The van der Waals surface area contributed by atoms with E-state index in [4.69, 9.17) is 9.47 Å². The van der Waals surface area contributed by atoms with Crippen molar-refractivity contribution in [1.82, 2.24) is 4.98 Å². The third-order valence-electron chi connectivity index (χ3n) is 3.26. The highest BCUT2D eigenvalue weighted by Gasteiger charge is 2.35. The largest absolute Gasteiger partial charge is 0.346 e. The SMILES string of the molecule is CCC(c1ccncc1)C1OC(C)C(C)O1. The smallest absolute Gasteiger partial charge is 0.165 e. The molecule has 0 radical (unpaired) electrons. The molecule has 0 spiro atoms. The van der Waals surface area contributed by atoms with E-state index < -0.39 is 0 Å². The fourth-order valence-electron chi connectivity index (χ4n) is 2.06. The molecule has 1 saturated heterocycles. The maximum absolute atomic E-state index is 5.84. The first-order valence-corrected chi connectivity index (χ1v) is 5.93. The van der Waals surface area contributed by atoms with E-state index in [0.29, 0.717) is 5.92 Å². The molecular weight excluding hydrogens is 202 g/mol. The minimum atomic E-state index is -0.114. The molecule has 1 aromatic heterocycles. The zero-order chi connectivity index (χ0) is 11.5. The van der Waals surface area contributed by atoms with Gasteiger partial charge >= 0.3 is 0 Å². The number of hydrogen-bond acceptors (Lipinski definition) is 3. The first-order chi connectivity index (χ1) is 7.72. The van der Waals surface area contributed by atoms with Crippen molar-refractivity contribution in [2.75, 3.05) is 0 Å². The zero-order valence-corrected chi connectivity index (χ0v) is 10.1. The van der Waals surface area contributed by atoms with E-state index in [0.717, 1.165) is 6.42 Å². The van der Waals surface area contributed by atoms with Crippen LogP contribution in [0.25, 0.3) is 0 Å². The first kappa shape index (κ1) is 11.6. The van der Waals surface area contributed by atoms with Crippen LogP contribution in [0.1, 0.15) is 38.7 Å². The Hall–Kier alpha value is -0.930. The van der Waals surface area contributed by atoms with Gasteiger partial charge in [-0.2, -0.15) is 0 Å².